The maximum absolute atomic E-state index is 12.5. The second-order valence-corrected chi connectivity index (χ2v) is 5.51. The predicted octanol–water partition coefficient (Wildman–Crippen LogP) is 1.61. The van der Waals surface area contributed by atoms with Crippen LogP contribution in [0.15, 0.2) is 24.4 Å². The molecule has 1 fully saturated rings. The van der Waals surface area contributed by atoms with E-state index < -0.39 is 0 Å². The molecule has 2 rings (SSSR count). The van der Waals surface area contributed by atoms with Crippen molar-refractivity contribution >= 4 is 5.91 Å². The summed E-state index contributed by atoms with van der Waals surface area (Å²) in [6, 6.07) is 5.89. The van der Waals surface area contributed by atoms with E-state index in [1.54, 1.807) is 6.20 Å². The first-order valence-electron chi connectivity index (χ1n) is 7.02. The van der Waals surface area contributed by atoms with Crippen LogP contribution in [0.2, 0.25) is 0 Å². The first-order valence-corrected chi connectivity index (χ1v) is 7.02. The molecule has 1 atom stereocenters. The summed E-state index contributed by atoms with van der Waals surface area (Å²) < 4.78 is 0. The zero-order valence-corrected chi connectivity index (χ0v) is 11.9. The van der Waals surface area contributed by atoms with Crippen LogP contribution in [0.3, 0.4) is 0 Å². The lowest BCUT2D eigenvalue weighted by Gasteiger charge is -2.36. The third-order valence-corrected chi connectivity index (χ3v) is 3.87. The average Bonchev–Trinajstić information content (AvgIpc) is 2.46. The van der Waals surface area contributed by atoms with Crippen LogP contribution in [-0.4, -0.2) is 41.5 Å². The average molecular weight is 261 g/mol. The summed E-state index contributed by atoms with van der Waals surface area (Å²) in [5, 5.41) is 3.37. The Bertz CT molecular complexity index is 413. The highest BCUT2D eigenvalue weighted by Crippen LogP contribution is 2.20. The van der Waals surface area contributed by atoms with Crippen LogP contribution in [0.25, 0.3) is 0 Å². The van der Waals surface area contributed by atoms with Crippen LogP contribution in [0.1, 0.15) is 31.9 Å². The molecule has 1 saturated heterocycles. The molecule has 1 unspecified atom stereocenters. The van der Waals surface area contributed by atoms with E-state index in [2.05, 4.69) is 10.3 Å². The number of carbonyl (C=O) groups is 1. The fraction of sp³-hybridized carbons (Fsp3) is 0.600. The van der Waals surface area contributed by atoms with Crippen molar-refractivity contribution in [3.05, 3.63) is 30.1 Å². The summed E-state index contributed by atoms with van der Waals surface area (Å²) in [6.45, 7) is 3.68. The van der Waals surface area contributed by atoms with Crippen molar-refractivity contribution in [3.8, 4) is 0 Å². The van der Waals surface area contributed by atoms with Crippen LogP contribution < -0.4 is 5.32 Å². The molecule has 0 aliphatic carbocycles. The molecule has 104 valence electrons. The van der Waals surface area contributed by atoms with Crippen molar-refractivity contribution in [1.29, 1.82) is 0 Å². The molecule has 0 aromatic carbocycles. The number of nitrogens with zero attached hydrogens (tertiary/aromatic N) is 2. The molecule has 0 bridgehead atoms. The monoisotopic (exact) mass is 261 g/mol. The molecule has 0 saturated carbocycles. The van der Waals surface area contributed by atoms with Gasteiger partial charge in [-0.05, 0) is 44.9 Å². The Morgan fingerprint density at radius 3 is 2.95 bits per heavy atom. The highest BCUT2D eigenvalue weighted by atomic mass is 16.2. The molecule has 1 amide bonds. The van der Waals surface area contributed by atoms with Gasteiger partial charge in [0.1, 0.15) is 0 Å². The zero-order valence-electron chi connectivity index (χ0n) is 11.9. The van der Waals surface area contributed by atoms with Gasteiger partial charge in [-0.1, -0.05) is 6.07 Å². The van der Waals surface area contributed by atoms with Crippen molar-refractivity contribution in [1.82, 2.24) is 15.2 Å². The second-order valence-electron chi connectivity index (χ2n) is 5.51. The van der Waals surface area contributed by atoms with E-state index >= 15 is 0 Å². The number of amides is 1. The molecule has 1 aliphatic heterocycles. The predicted molar refractivity (Wildman–Crippen MR) is 75.8 cm³/mol. The topological polar surface area (TPSA) is 45.2 Å². The Labute approximate surface area is 115 Å². The summed E-state index contributed by atoms with van der Waals surface area (Å²) in [4.78, 5) is 18.6. The first kappa shape index (κ1) is 14.0. The largest absolute Gasteiger partial charge is 0.344 e. The Morgan fingerprint density at radius 1 is 1.47 bits per heavy atom. The SMILES string of the molecule is CN(CCc1ccccn1)C(=O)C1(C)CCCCN1. The van der Waals surface area contributed by atoms with Gasteiger partial charge in [0.2, 0.25) is 5.91 Å². The number of aromatic nitrogens is 1. The number of likely N-dealkylation sites (N-methyl/N-ethyl adjacent to an activating group) is 1. The normalized spacial score (nSPS) is 23.1. The van der Waals surface area contributed by atoms with Crippen molar-refractivity contribution in [2.24, 2.45) is 0 Å². The number of hydrogen-bond donors (Lipinski definition) is 1. The third-order valence-electron chi connectivity index (χ3n) is 3.87. The van der Waals surface area contributed by atoms with E-state index in [1.165, 1.54) is 6.42 Å². The van der Waals surface area contributed by atoms with Gasteiger partial charge in [0.25, 0.3) is 0 Å². The Balaban J connectivity index is 1.88. The van der Waals surface area contributed by atoms with Crippen molar-refractivity contribution in [2.75, 3.05) is 20.1 Å². The summed E-state index contributed by atoms with van der Waals surface area (Å²) >= 11 is 0. The summed E-state index contributed by atoms with van der Waals surface area (Å²) in [7, 11) is 1.88. The number of hydrogen-bond acceptors (Lipinski definition) is 3. The van der Waals surface area contributed by atoms with Crippen molar-refractivity contribution < 1.29 is 4.79 Å². The molecule has 4 heteroatoms. The van der Waals surface area contributed by atoms with E-state index in [9.17, 15) is 4.79 Å². The number of piperidine rings is 1. The van der Waals surface area contributed by atoms with Crippen LogP contribution >= 0.6 is 0 Å². The second kappa shape index (κ2) is 6.15. The van der Waals surface area contributed by atoms with E-state index in [1.807, 2.05) is 37.1 Å². The Hall–Kier alpha value is -1.42. The lowest BCUT2D eigenvalue weighted by Crippen LogP contribution is -2.57. The molecule has 1 aliphatic rings. The highest BCUT2D eigenvalue weighted by Gasteiger charge is 2.36. The van der Waals surface area contributed by atoms with Crippen LogP contribution in [0.4, 0.5) is 0 Å². The molecule has 1 aromatic rings. The molecule has 0 radical (unpaired) electrons. The van der Waals surface area contributed by atoms with Gasteiger partial charge < -0.3 is 10.2 Å². The van der Waals surface area contributed by atoms with E-state index in [-0.39, 0.29) is 11.4 Å². The molecule has 2 heterocycles. The smallest absolute Gasteiger partial charge is 0.242 e. The maximum Gasteiger partial charge on any atom is 0.242 e. The van der Waals surface area contributed by atoms with E-state index in [4.69, 9.17) is 0 Å². The van der Waals surface area contributed by atoms with Crippen LogP contribution in [-0.2, 0) is 11.2 Å². The quantitative estimate of drug-likeness (QED) is 0.895. The number of carbonyl (C=O) groups excluding carboxylic acids is 1. The van der Waals surface area contributed by atoms with Gasteiger partial charge in [-0.3, -0.25) is 9.78 Å². The first-order chi connectivity index (χ1) is 9.12. The van der Waals surface area contributed by atoms with Crippen LogP contribution in [0, 0.1) is 0 Å². The third kappa shape index (κ3) is 3.53. The summed E-state index contributed by atoms with van der Waals surface area (Å²) in [5.41, 5.74) is 0.654. The van der Waals surface area contributed by atoms with E-state index in [0.29, 0.717) is 6.54 Å². The van der Waals surface area contributed by atoms with Gasteiger partial charge in [-0.15, -0.1) is 0 Å². The van der Waals surface area contributed by atoms with Gasteiger partial charge in [-0.25, -0.2) is 0 Å². The van der Waals surface area contributed by atoms with Gasteiger partial charge in [0.05, 0.1) is 5.54 Å². The van der Waals surface area contributed by atoms with Gasteiger partial charge in [-0.2, -0.15) is 0 Å². The zero-order chi connectivity index (χ0) is 13.7. The molecular weight excluding hydrogens is 238 g/mol. The van der Waals surface area contributed by atoms with Crippen molar-refractivity contribution in [3.63, 3.8) is 0 Å². The fourth-order valence-electron chi connectivity index (χ4n) is 2.59. The Morgan fingerprint density at radius 2 is 2.32 bits per heavy atom. The minimum Gasteiger partial charge on any atom is -0.344 e. The molecule has 0 spiro atoms. The lowest BCUT2D eigenvalue weighted by atomic mass is 9.89. The standard InChI is InChI=1S/C15H23N3O/c1-15(9-4-6-11-17-15)14(19)18(2)12-8-13-7-3-5-10-16-13/h3,5,7,10,17H,4,6,8-9,11-12H2,1-2H3. The highest BCUT2D eigenvalue weighted by molar-refractivity contribution is 5.85. The minimum absolute atomic E-state index is 0.197. The molecular formula is C15H23N3O. The van der Waals surface area contributed by atoms with Gasteiger partial charge in [0.15, 0.2) is 0 Å². The van der Waals surface area contributed by atoms with Gasteiger partial charge >= 0.3 is 0 Å². The minimum atomic E-state index is -0.378. The number of pyridine rings is 1. The lowest BCUT2D eigenvalue weighted by molar-refractivity contribution is -0.137. The Kier molecular flexibility index (Phi) is 4.53. The van der Waals surface area contributed by atoms with Crippen molar-refractivity contribution in [2.45, 2.75) is 38.1 Å². The number of rotatable bonds is 4. The molecule has 19 heavy (non-hydrogen) atoms. The van der Waals surface area contributed by atoms with E-state index in [0.717, 1.165) is 31.5 Å². The summed E-state index contributed by atoms with van der Waals surface area (Å²) in [5.74, 6) is 0.197. The molecule has 1 aromatic heterocycles. The number of nitrogens with one attached hydrogen (secondary N) is 1. The fourth-order valence-corrected chi connectivity index (χ4v) is 2.59. The summed E-state index contributed by atoms with van der Waals surface area (Å²) in [6.07, 6.45) is 5.82. The maximum atomic E-state index is 12.5. The molecule has 1 N–H and O–H groups in total. The molecule has 4 nitrogen and oxygen atoms in total. The van der Waals surface area contributed by atoms with Gasteiger partial charge in [0, 0.05) is 31.9 Å². The van der Waals surface area contributed by atoms with Crippen LogP contribution in [0.5, 0.6) is 0 Å².